The quantitative estimate of drug-likeness (QED) is 0.600. The van der Waals surface area contributed by atoms with Gasteiger partial charge < -0.3 is 9.42 Å². The van der Waals surface area contributed by atoms with Gasteiger partial charge in [-0.3, -0.25) is 24.6 Å². The molecule has 0 radical (unpaired) electrons. The van der Waals surface area contributed by atoms with Gasteiger partial charge in [0.15, 0.2) is 5.82 Å². The predicted molar refractivity (Wildman–Crippen MR) is 91.7 cm³/mol. The number of nitro groups is 1. The van der Waals surface area contributed by atoms with Crippen LogP contribution in [0.15, 0.2) is 28.8 Å². The Bertz CT molecular complexity index is 876. The van der Waals surface area contributed by atoms with Gasteiger partial charge in [-0.05, 0) is 26.3 Å². The highest BCUT2D eigenvalue weighted by Crippen LogP contribution is 2.25. The number of benzene rings is 1. The Morgan fingerprint density at radius 3 is 2.77 bits per heavy atom. The van der Waals surface area contributed by atoms with Crippen LogP contribution in [0.2, 0.25) is 0 Å². The fourth-order valence-corrected chi connectivity index (χ4v) is 2.94. The van der Waals surface area contributed by atoms with Crippen molar-refractivity contribution in [3.05, 3.63) is 51.3 Å². The lowest BCUT2D eigenvalue weighted by atomic mass is 10.1. The van der Waals surface area contributed by atoms with Gasteiger partial charge in [0, 0.05) is 36.2 Å². The van der Waals surface area contributed by atoms with Crippen LogP contribution in [0.25, 0.3) is 0 Å². The first-order chi connectivity index (χ1) is 12.4. The first-order valence-corrected chi connectivity index (χ1v) is 8.15. The van der Waals surface area contributed by atoms with Gasteiger partial charge in [0.1, 0.15) is 12.4 Å². The van der Waals surface area contributed by atoms with E-state index in [1.807, 2.05) is 0 Å². The van der Waals surface area contributed by atoms with Crippen molar-refractivity contribution in [3.8, 4) is 0 Å². The number of nitro benzene ring substituents is 1. The molecule has 0 aliphatic carbocycles. The number of amides is 2. The number of nitrogens with zero attached hydrogens (tertiary/aromatic N) is 4. The molecule has 0 spiro atoms. The highest BCUT2D eigenvalue weighted by molar-refractivity contribution is 6.07. The van der Waals surface area contributed by atoms with Crippen molar-refractivity contribution >= 4 is 23.3 Å². The van der Waals surface area contributed by atoms with E-state index in [0.29, 0.717) is 18.7 Å². The van der Waals surface area contributed by atoms with E-state index in [1.54, 1.807) is 17.9 Å². The van der Waals surface area contributed by atoms with E-state index in [1.165, 1.54) is 30.0 Å². The number of aryl methyl sites for hydroxylation is 1. The van der Waals surface area contributed by atoms with E-state index in [2.05, 4.69) is 5.16 Å². The first kappa shape index (κ1) is 17.6. The van der Waals surface area contributed by atoms with Crippen LogP contribution in [0.1, 0.15) is 34.5 Å². The largest absolute Gasteiger partial charge is 0.360 e. The van der Waals surface area contributed by atoms with Crippen molar-refractivity contribution in [2.75, 3.05) is 18.1 Å². The number of likely N-dealkylation sites (tertiary alicyclic amines) is 1. The van der Waals surface area contributed by atoms with Gasteiger partial charge in [0.05, 0.1) is 4.92 Å². The fraction of sp³-hybridized carbons (Fsp3) is 0.353. The highest BCUT2D eigenvalue weighted by atomic mass is 16.6. The summed E-state index contributed by atoms with van der Waals surface area (Å²) in [5.41, 5.74) is 0.316. The molecule has 1 aliphatic rings. The molecular weight excluding hydrogens is 340 g/mol. The topological polar surface area (TPSA) is 110 Å². The molecule has 0 saturated carbocycles. The number of rotatable bonds is 5. The fourth-order valence-electron chi connectivity index (χ4n) is 2.94. The molecule has 2 amide bonds. The summed E-state index contributed by atoms with van der Waals surface area (Å²) in [4.78, 5) is 38.6. The van der Waals surface area contributed by atoms with Crippen molar-refractivity contribution in [1.29, 1.82) is 0 Å². The molecule has 1 aromatic carbocycles. The molecule has 2 aromatic rings. The molecule has 0 atom stereocenters. The summed E-state index contributed by atoms with van der Waals surface area (Å²) in [6.07, 6.45) is 1.17. The summed E-state index contributed by atoms with van der Waals surface area (Å²) >= 11 is 0. The van der Waals surface area contributed by atoms with Crippen LogP contribution in [-0.4, -0.2) is 40.0 Å². The summed E-state index contributed by atoms with van der Waals surface area (Å²) in [5, 5.41) is 15.0. The maximum atomic E-state index is 13.1. The lowest BCUT2D eigenvalue weighted by Crippen LogP contribution is -2.42. The summed E-state index contributed by atoms with van der Waals surface area (Å²) in [6, 6.07) is 5.92. The number of aromatic nitrogens is 1. The van der Waals surface area contributed by atoms with Crippen molar-refractivity contribution in [2.24, 2.45) is 0 Å². The van der Waals surface area contributed by atoms with Gasteiger partial charge in [-0.25, -0.2) is 0 Å². The Labute approximate surface area is 149 Å². The minimum atomic E-state index is -0.527. The summed E-state index contributed by atoms with van der Waals surface area (Å²) in [7, 11) is 0. The minimum absolute atomic E-state index is 0.0196. The third-order valence-corrected chi connectivity index (χ3v) is 4.35. The Hall–Kier alpha value is -3.23. The summed E-state index contributed by atoms with van der Waals surface area (Å²) in [6.45, 7) is 3.79. The summed E-state index contributed by atoms with van der Waals surface area (Å²) < 4.78 is 5.06. The van der Waals surface area contributed by atoms with Crippen molar-refractivity contribution in [1.82, 2.24) is 10.1 Å². The molecule has 1 saturated heterocycles. The average Bonchev–Trinajstić information content (AvgIpc) is 3.20. The SMILES string of the molecule is Cc1cc(N(CN2CCCC2=O)C(=O)c2cccc([N+](=O)[O-])c2C)no1. The third kappa shape index (κ3) is 3.28. The van der Waals surface area contributed by atoms with E-state index in [9.17, 15) is 19.7 Å². The zero-order chi connectivity index (χ0) is 18.8. The van der Waals surface area contributed by atoms with Gasteiger partial charge >= 0.3 is 0 Å². The summed E-state index contributed by atoms with van der Waals surface area (Å²) in [5.74, 6) is 0.261. The molecule has 0 unspecified atom stereocenters. The lowest BCUT2D eigenvalue weighted by molar-refractivity contribution is -0.385. The molecule has 26 heavy (non-hydrogen) atoms. The van der Waals surface area contributed by atoms with Crippen molar-refractivity contribution in [3.63, 3.8) is 0 Å². The van der Waals surface area contributed by atoms with Crippen LogP contribution in [-0.2, 0) is 4.79 Å². The second kappa shape index (κ2) is 6.95. The van der Waals surface area contributed by atoms with E-state index in [-0.39, 0.29) is 35.2 Å². The average molecular weight is 358 g/mol. The molecule has 0 N–H and O–H groups in total. The van der Waals surface area contributed by atoms with Crippen LogP contribution >= 0.6 is 0 Å². The Balaban J connectivity index is 1.98. The molecule has 1 fully saturated rings. The molecular formula is C17H18N4O5. The zero-order valence-electron chi connectivity index (χ0n) is 14.5. The normalized spacial score (nSPS) is 13.9. The molecule has 1 aliphatic heterocycles. The number of anilines is 1. The smallest absolute Gasteiger partial charge is 0.273 e. The molecule has 3 rings (SSSR count). The van der Waals surface area contributed by atoms with Gasteiger partial charge in [0.25, 0.3) is 11.6 Å². The Morgan fingerprint density at radius 2 is 2.19 bits per heavy atom. The standard InChI is InChI=1S/C17H18N4O5/c1-11-9-15(18-26-11)20(10-19-8-4-7-16(19)22)17(23)13-5-3-6-14(12(13)2)21(24)25/h3,5-6,9H,4,7-8,10H2,1-2H3. The number of hydrogen-bond acceptors (Lipinski definition) is 6. The minimum Gasteiger partial charge on any atom is -0.360 e. The van der Waals surface area contributed by atoms with Crippen molar-refractivity contribution < 1.29 is 19.0 Å². The molecule has 2 heterocycles. The van der Waals surface area contributed by atoms with Gasteiger partial charge in [-0.15, -0.1) is 0 Å². The van der Waals surface area contributed by atoms with E-state index >= 15 is 0 Å². The van der Waals surface area contributed by atoms with Gasteiger partial charge in [0.2, 0.25) is 5.91 Å². The maximum absolute atomic E-state index is 13.1. The van der Waals surface area contributed by atoms with Gasteiger partial charge in [-0.2, -0.15) is 0 Å². The van der Waals surface area contributed by atoms with Gasteiger partial charge in [-0.1, -0.05) is 11.2 Å². The van der Waals surface area contributed by atoms with E-state index < -0.39 is 10.8 Å². The maximum Gasteiger partial charge on any atom is 0.273 e. The van der Waals surface area contributed by atoms with E-state index in [4.69, 9.17) is 4.52 Å². The molecule has 0 bridgehead atoms. The number of carbonyl (C=O) groups is 2. The first-order valence-electron chi connectivity index (χ1n) is 8.15. The molecule has 1 aromatic heterocycles. The van der Waals surface area contributed by atoms with Crippen LogP contribution in [0.3, 0.4) is 0 Å². The Kier molecular flexibility index (Phi) is 4.70. The van der Waals surface area contributed by atoms with Crippen molar-refractivity contribution in [2.45, 2.75) is 26.7 Å². The predicted octanol–water partition coefficient (Wildman–Crippen LogP) is 2.43. The second-order valence-electron chi connectivity index (χ2n) is 6.14. The molecule has 9 nitrogen and oxygen atoms in total. The van der Waals surface area contributed by atoms with Crippen LogP contribution in [0.5, 0.6) is 0 Å². The van der Waals surface area contributed by atoms with E-state index in [0.717, 1.165) is 6.42 Å². The second-order valence-corrected chi connectivity index (χ2v) is 6.14. The lowest BCUT2D eigenvalue weighted by Gasteiger charge is -2.26. The number of hydrogen-bond donors (Lipinski definition) is 0. The Morgan fingerprint density at radius 1 is 1.42 bits per heavy atom. The monoisotopic (exact) mass is 358 g/mol. The number of carbonyl (C=O) groups excluding carboxylic acids is 2. The van der Waals surface area contributed by atoms with Crippen LogP contribution < -0.4 is 4.90 Å². The molecule has 9 heteroatoms. The third-order valence-electron chi connectivity index (χ3n) is 4.35. The molecule has 136 valence electrons. The highest BCUT2D eigenvalue weighted by Gasteiger charge is 2.30. The van der Waals surface area contributed by atoms with Crippen LogP contribution in [0.4, 0.5) is 11.5 Å². The zero-order valence-corrected chi connectivity index (χ0v) is 14.5. The van der Waals surface area contributed by atoms with Crippen LogP contribution in [0, 0.1) is 24.0 Å².